The number of ether oxygens (including phenoxy) is 1. The first-order chi connectivity index (χ1) is 14.7. The Balaban J connectivity index is 1.79. The van der Waals surface area contributed by atoms with Gasteiger partial charge in [0.1, 0.15) is 6.10 Å². The average Bonchev–Trinajstić information content (AvgIpc) is 3.16. The van der Waals surface area contributed by atoms with E-state index < -0.39 is 49.5 Å². The van der Waals surface area contributed by atoms with Crippen LogP contribution in [-0.4, -0.2) is 51.7 Å². The maximum atomic E-state index is 14.1. The molecule has 0 aromatic heterocycles. The van der Waals surface area contributed by atoms with Crippen LogP contribution in [0.3, 0.4) is 0 Å². The molecule has 0 aliphatic heterocycles. The molecule has 0 amide bonds. The van der Waals surface area contributed by atoms with Gasteiger partial charge in [0.2, 0.25) is 0 Å². The van der Waals surface area contributed by atoms with E-state index in [1.165, 1.54) is 0 Å². The van der Waals surface area contributed by atoms with E-state index in [2.05, 4.69) is 0 Å². The zero-order valence-electron chi connectivity index (χ0n) is 18.6. The predicted octanol–water partition coefficient (Wildman–Crippen LogP) is 3.43. The first-order valence-electron chi connectivity index (χ1n) is 11.7. The molecule has 7 nitrogen and oxygen atoms in total. The quantitative estimate of drug-likeness (QED) is 0.377. The van der Waals surface area contributed by atoms with Crippen molar-refractivity contribution in [2.75, 3.05) is 0 Å². The smallest absolute Gasteiger partial charge is 0.456 e. The van der Waals surface area contributed by atoms with E-state index in [-0.39, 0.29) is 11.8 Å². The third-order valence-electron chi connectivity index (χ3n) is 9.56. The molecule has 10 heteroatoms. The van der Waals surface area contributed by atoms with Gasteiger partial charge in [0.05, 0.1) is 11.2 Å². The zero-order chi connectivity index (χ0) is 23.8. The molecule has 0 radical (unpaired) electrons. The Morgan fingerprint density at radius 3 is 2.25 bits per heavy atom. The fourth-order valence-corrected chi connectivity index (χ4v) is 8.50. The summed E-state index contributed by atoms with van der Waals surface area (Å²) in [6, 6.07) is 0. The third-order valence-corrected chi connectivity index (χ3v) is 10.4. The third kappa shape index (κ3) is 3.11. The van der Waals surface area contributed by atoms with Crippen LogP contribution in [0.25, 0.3) is 0 Å². The zero-order valence-corrected chi connectivity index (χ0v) is 19.5. The molecule has 0 heterocycles. The molecular formula is C22H34F2O7S. The maximum Gasteiger partial charge on any atom is 0.465 e. The molecule has 0 saturated heterocycles. The lowest BCUT2D eigenvalue weighted by atomic mass is 9.36. The van der Waals surface area contributed by atoms with Crippen LogP contribution < -0.4 is 0 Å². The van der Waals surface area contributed by atoms with Crippen LogP contribution in [-0.2, 0) is 19.6 Å². The first-order valence-corrected chi connectivity index (χ1v) is 13.1. The fraction of sp³-hybridized carbons (Fsp3) is 0.955. The number of alkyl halides is 2. The van der Waals surface area contributed by atoms with E-state index in [0.717, 1.165) is 19.3 Å². The minimum atomic E-state index is -5.99. The van der Waals surface area contributed by atoms with Crippen molar-refractivity contribution in [1.82, 2.24) is 0 Å². The van der Waals surface area contributed by atoms with Crippen LogP contribution >= 0.6 is 0 Å². The predicted molar refractivity (Wildman–Crippen MR) is 110 cm³/mol. The van der Waals surface area contributed by atoms with Crippen molar-refractivity contribution in [3.63, 3.8) is 0 Å². The Kier molecular flexibility index (Phi) is 5.56. The molecule has 0 aromatic carbocycles. The SMILES string of the molecule is CCC(O)(CC)C12CC3CC(C1)C(OC(=O)C(F)(F)S(=O)(=O)O)C(C1(O)CCCC1)(C3)C2. The van der Waals surface area contributed by atoms with Gasteiger partial charge >= 0.3 is 21.3 Å². The van der Waals surface area contributed by atoms with E-state index in [1.807, 2.05) is 13.8 Å². The fourth-order valence-electron chi connectivity index (χ4n) is 8.24. The van der Waals surface area contributed by atoms with Gasteiger partial charge in [-0.2, -0.15) is 17.2 Å². The summed E-state index contributed by atoms with van der Waals surface area (Å²) in [5.74, 6) is -2.51. The molecule has 5 rings (SSSR count). The van der Waals surface area contributed by atoms with Crippen LogP contribution in [0.1, 0.15) is 84.5 Å². The summed E-state index contributed by atoms with van der Waals surface area (Å²) in [6.45, 7) is 3.84. The lowest BCUT2D eigenvalue weighted by Gasteiger charge is -2.71. The summed E-state index contributed by atoms with van der Waals surface area (Å²) in [4.78, 5) is 12.3. The van der Waals surface area contributed by atoms with Crippen molar-refractivity contribution in [3.05, 3.63) is 0 Å². The molecule has 5 saturated carbocycles. The van der Waals surface area contributed by atoms with Crippen molar-refractivity contribution in [1.29, 1.82) is 0 Å². The highest BCUT2D eigenvalue weighted by atomic mass is 32.2. The first kappa shape index (κ1) is 24.3. The lowest BCUT2D eigenvalue weighted by Crippen LogP contribution is -2.72. The Morgan fingerprint density at radius 1 is 1.12 bits per heavy atom. The minimum Gasteiger partial charge on any atom is -0.456 e. The summed E-state index contributed by atoms with van der Waals surface area (Å²) < 4.78 is 64.6. The molecule has 0 aromatic rings. The van der Waals surface area contributed by atoms with Gasteiger partial charge in [-0.1, -0.05) is 26.7 Å². The van der Waals surface area contributed by atoms with Crippen molar-refractivity contribution in [3.8, 4) is 0 Å². The second-order valence-electron chi connectivity index (χ2n) is 10.9. The largest absolute Gasteiger partial charge is 0.465 e. The summed E-state index contributed by atoms with van der Waals surface area (Å²) in [5.41, 5.74) is -3.78. The summed E-state index contributed by atoms with van der Waals surface area (Å²) in [7, 11) is -5.99. The van der Waals surface area contributed by atoms with Crippen LogP contribution in [0.2, 0.25) is 0 Å². The minimum absolute atomic E-state index is 0.161. The molecule has 5 unspecified atom stereocenters. The number of carbonyl (C=O) groups is 1. The number of esters is 1. The molecule has 5 aliphatic rings. The Morgan fingerprint density at radius 2 is 1.72 bits per heavy atom. The van der Waals surface area contributed by atoms with Crippen molar-refractivity contribution < 1.29 is 41.5 Å². The Bertz CT molecular complexity index is 881. The van der Waals surface area contributed by atoms with Gasteiger partial charge in [0, 0.05) is 10.8 Å². The van der Waals surface area contributed by atoms with Gasteiger partial charge in [-0.15, -0.1) is 0 Å². The van der Waals surface area contributed by atoms with Crippen LogP contribution in [0.15, 0.2) is 0 Å². The Hall–Kier alpha value is -0.840. The van der Waals surface area contributed by atoms with Crippen molar-refractivity contribution in [2.24, 2.45) is 22.7 Å². The van der Waals surface area contributed by atoms with E-state index in [9.17, 15) is 32.2 Å². The monoisotopic (exact) mass is 480 g/mol. The van der Waals surface area contributed by atoms with E-state index >= 15 is 0 Å². The number of carbonyl (C=O) groups excluding carboxylic acids is 1. The Labute approximate surface area is 187 Å². The highest BCUT2D eigenvalue weighted by molar-refractivity contribution is 7.87. The molecule has 5 fully saturated rings. The second kappa shape index (κ2) is 7.33. The summed E-state index contributed by atoms with van der Waals surface area (Å²) in [5, 5.41) is 18.3. The number of halogens is 2. The molecule has 32 heavy (non-hydrogen) atoms. The van der Waals surface area contributed by atoms with Crippen molar-refractivity contribution in [2.45, 2.75) is 107 Å². The van der Waals surface area contributed by atoms with Crippen LogP contribution in [0.4, 0.5) is 8.78 Å². The molecule has 184 valence electrons. The average molecular weight is 481 g/mol. The normalized spacial score (nSPS) is 38.8. The van der Waals surface area contributed by atoms with Gasteiger partial charge in [-0.3, -0.25) is 4.55 Å². The molecule has 0 spiro atoms. The molecule has 5 atom stereocenters. The van der Waals surface area contributed by atoms with Gasteiger partial charge in [0.15, 0.2) is 0 Å². The van der Waals surface area contributed by atoms with E-state index in [4.69, 9.17) is 9.29 Å². The number of aliphatic hydroxyl groups is 2. The summed E-state index contributed by atoms with van der Waals surface area (Å²) in [6.07, 6.45) is 5.04. The van der Waals surface area contributed by atoms with Gasteiger partial charge in [-0.25, -0.2) is 4.79 Å². The molecule has 3 N–H and O–H groups in total. The summed E-state index contributed by atoms with van der Waals surface area (Å²) >= 11 is 0. The van der Waals surface area contributed by atoms with Crippen LogP contribution in [0, 0.1) is 22.7 Å². The standard InChI is InChI=1S/C22H34F2O7S/c1-3-20(26,4-2)18-10-14-9-15(12-18)16(31-17(25)22(23,24)32(28,29)30)19(11-14,13-18)21(27)7-5-6-8-21/h14-16,26-27H,3-13H2,1-2H3,(H,28,29,30). The topological polar surface area (TPSA) is 121 Å². The van der Waals surface area contributed by atoms with E-state index in [0.29, 0.717) is 51.4 Å². The van der Waals surface area contributed by atoms with Crippen molar-refractivity contribution >= 4 is 16.1 Å². The van der Waals surface area contributed by atoms with Gasteiger partial charge in [0.25, 0.3) is 0 Å². The highest BCUT2D eigenvalue weighted by Gasteiger charge is 2.73. The molecule has 4 bridgehead atoms. The highest BCUT2D eigenvalue weighted by Crippen LogP contribution is 2.73. The van der Waals surface area contributed by atoms with Gasteiger partial charge in [-0.05, 0) is 69.6 Å². The number of hydrogen-bond donors (Lipinski definition) is 3. The van der Waals surface area contributed by atoms with Gasteiger partial charge < -0.3 is 14.9 Å². The number of hydrogen-bond acceptors (Lipinski definition) is 6. The number of rotatable bonds is 7. The van der Waals surface area contributed by atoms with Crippen LogP contribution in [0.5, 0.6) is 0 Å². The maximum absolute atomic E-state index is 14.1. The van der Waals surface area contributed by atoms with E-state index in [1.54, 1.807) is 0 Å². The lowest BCUT2D eigenvalue weighted by molar-refractivity contribution is -0.299. The second-order valence-corrected chi connectivity index (χ2v) is 12.3. The molecular weight excluding hydrogens is 446 g/mol. The molecule has 5 aliphatic carbocycles.